The van der Waals surface area contributed by atoms with Crippen LogP contribution in [0.2, 0.25) is 0 Å². The summed E-state index contributed by atoms with van der Waals surface area (Å²) in [5.74, 6) is 2.10. The molecule has 0 atom stereocenters. The van der Waals surface area contributed by atoms with E-state index < -0.39 is 21.5 Å². The van der Waals surface area contributed by atoms with Gasteiger partial charge in [-0.1, -0.05) is 66.5 Å². The number of carboxylic acids is 1. The summed E-state index contributed by atoms with van der Waals surface area (Å²) in [4.78, 5) is 33.4. The first-order chi connectivity index (χ1) is 36.0. The molecule has 0 spiro atoms. The van der Waals surface area contributed by atoms with Gasteiger partial charge < -0.3 is 30.3 Å². The average Bonchev–Trinajstić information content (AvgIpc) is 3.44. The van der Waals surface area contributed by atoms with Crippen molar-refractivity contribution in [3.05, 3.63) is 72.1 Å². The molecule has 0 saturated heterocycles. The van der Waals surface area contributed by atoms with Crippen LogP contribution in [0.5, 0.6) is 11.5 Å². The Hall–Kier alpha value is -4.37. The lowest BCUT2D eigenvalue weighted by Gasteiger charge is -2.52. The standard InChI is InChI=1S/C30H42N2O3.C20H24N2O3.C12H24O3S/c1-4-28(2,3)22-6-9-24(10-7-22)35-25-11-12-26-21(19-25)5-8-23(32-26)20-31-30-16-13-29(14-17-30,15-18-30)27(33)34;1-25-18(24)19-6-9-20(10-7-19,11-8-19)21-13-15-3-2-14-12-16(23)4-5-17(14)22-15;1-5-12(2,3)10-6-8-11(9-7-10)15-16(4,13)14/h5,8,11-12,19,22,24,31H,4,6-7,9-10,13-18,20H2,1-3H3,(H,33,34);2-5,12,21,23H,6-11,13H2,1H3;10-11H,5-9H2,1-4H3. The Bertz CT molecular complexity index is 2710. The van der Waals surface area contributed by atoms with E-state index in [9.17, 15) is 28.2 Å². The van der Waals surface area contributed by atoms with E-state index in [0.717, 1.165) is 180 Å². The second kappa shape index (κ2) is 23.5. The molecule has 2 aromatic heterocycles. The van der Waals surface area contributed by atoms with Crippen molar-refractivity contribution in [1.29, 1.82) is 0 Å². The van der Waals surface area contributed by atoms with Crippen molar-refractivity contribution >= 4 is 43.9 Å². The lowest BCUT2D eigenvalue weighted by Crippen LogP contribution is -2.56. The lowest BCUT2D eigenvalue weighted by molar-refractivity contribution is -0.160. The topological polar surface area (TPSA) is 186 Å². The molecule has 14 heteroatoms. The number of benzene rings is 2. The van der Waals surface area contributed by atoms with Gasteiger partial charge in [0.25, 0.3) is 10.1 Å². The lowest BCUT2D eigenvalue weighted by atomic mass is 9.57. The van der Waals surface area contributed by atoms with Crippen molar-refractivity contribution in [3.8, 4) is 11.5 Å². The number of ether oxygens (including phenoxy) is 2. The van der Waals surface area contributed by atoms with E-state index in [4.69, 9.17) is 18.6 Å². The highest BCUT2D eigenvalue weighted by molar-refractivity contribution is 7.86. The third-order valence-electron chi connectivity index (χ3n) is 20.3. The number of aromatic nitrogens is 2. The molecule has 8 saturated carbocycles. The van der Waals surface area contributed by atoms with E-state index in [1.165, 1.54) is 32.8 Å². The number of pyridine rings is 2. The van der Waals surface area contributed by atoms with Gasteiger partial charge in [0.05, 0.1) is 58.8 Å². The first-order valence-corrected chi connectivity index (χ1v) is 30.7. The first kappa shape index (κ1) is 57.8. The maximum absolute atomic E-state index is 12.1. The highest BCUT2D eigenvalue weighted by Crippen LogP contribution is 2.54. The van der Waals surface area contributed by atoms with Crippen LogP contribution in [0.25, 0.3) is 21.8 Å². The fourth-order valence-corrected chi connectivity index (χ4v) is 14.5. The zero-order valence-electron chi connectivity index (χ0n) is 47.1. The van der Waals surface area contributed by atoms with E-state index in [0.29, 0.717) is 22.9 Å². The molecule has 76 heavy (non-hydrogen) atoms. The molecular formula is C62H90N4O9S. The van der Waals surface area contributed by atoms with E-state index in [1.54, 1.807) is 12.1 Å². The minimum Gasteiger partial charge on any atom is -0.508 e. The first-order valence-electron chi connectivity index (χ1n) is 28.9. The van der Waals surface area contributed by atoms with Crippen LogP contribution in [0.15, 0.2) is 60.7 Å². The molecule has 13 nitrogen and oxygen atoms in total. The molecule has 2 aromatic carbocycles. The summed E-state index contributed by atoms with van der Waals surface area (Å²) < 4.78 is 38.5. The van der Waals surface area contributed by atoms with Gasteiger partial charge in [-0.3, -0.25) is 23.7 Å². The second-order valence-electron chi connectivity index (χ2n) is 25.5. The molecule has 0 aliphatic heterocycles. The summed E-state index contributed by atoms with van der Waals surface area (Å²) in [5, 5.41) is 28.7. The number of esters is 1. The molecule has 4 aromatic rings. The monoisotopic (exact) mass is 1070 g/mol. The van der Waals surface area contributed by atoms with Crippen molar-refractivity contribution in [1.82, 2.24) is 20.6 Å². The second-order valence-corrected chi connectivity index (χ2v) is 27.1. The Labute approximate surface area is 454 Å². The number of hydrogen-bond acceptors (Lipinski definition) is 12. The SMILES string of the molecule is CCC(C)(C)C1CCC(OS(C)(=O)=O)CC1.CCC(C)(C)C1CCC(Oc2ccc3nc(CNC45CCC(C(=O)O)(CC4)CC5)ccc3c2)CC1.COC(=O)C12CCC(NCc3ccc4cc(O)ccc4n3)(CC1)CC2. The maximum atomic E-state index is 12.1. The molecule has 8 aliphatic carbocycles. The number of phenolic OH excluding ortho intramolecular Hbond substituents is 1. The van der Waals surface area contributed by atoms with E-state index in [1.807, 2.05) is 18.2 Å². The van der Waals surface area contributed by atoms with Crippen molar-refractivity contribution in [2.45, 2.75) is 219 Å². The van der Waals surface area contributed by atoms with Crippen LogP contribution >= 0.6 is 0 Å². The van der Waals surface area contributed by atoms with Gasteiger partial charge in [0.2, 0.25) is 0 Å². The molecule has 8 aliphatic rings. The number of methoxy groups -OCH3 is 1. The molecule has 418 valence electrons. The largest absolute Gasteiger partial charge is 0.508 e. The highest BCUT2D eigenvalue weighted by atomic mass is 32.2. The Morgan fingerprint density at radius 1 is 0.618 bits per heavy atom. The Morgan fingerprint density at radius 3 is 1.49 bits per heavy atom. The van der Waals surface area contributed by atoms with Gasteiger partial charge in [0.15, 0.2) is 0 Å². The number of rotatable bonds is 16. The quantitative estimate of drug-likeness (QED) is 0.0614. The number of carbonyl (C=O) groups excluding carboxylic acids is 1. The zero-order valence-corrected chi connectivity index (χ0v) is 47.9. The summed E-state index contributed by atoms with van der Waals surface area (Å²) in [7, 11) is -1.79. The molecule has 12 rings (SSSR count). The fraction of sp³-hybridized carbons (Fsp3) is 0.677. The summed E-state index contributed by atoms with van der Waals surface area (Å²) in [6.45, 7) is 15.4. The third-order valence-corrected chi connectivity index (χ3v) is 20.9. The van der Waals surface area contributed by atoms with Crippen LogP contribution in [0.4, 0.5) is 0 Å². The number of carbonyl (C=O) groups is 2. The smallest absolute Gasteiger partial charge is 0.311 e. The molecule has 4 N–H and O–H groups in total. The van der Waals surface area contributed by atoms with E-state index in [-0.39, 0.29) is 34.3 Å². The predicted octanol–water partition coefficient (Wildman–Crippen LogP) is 13.1. The molecule has 0 radical (unpaired) electrons. The molecular weight excluding hydrogens is 977 g/mol. The number of fused-ring (bicyclic) bond motifs is 8. The van der Waals surface area contributed by atoms with Crippen molar-refractivity contribution in [3.63, 3.8) is 0 Å². The number of carboxylic acid groups (broad SMARTS) is 1. The number of hydrogen-bond donors (Lipinski definition) is 4. The molecule has 8 fully saturated rings. The predicted molar refractivity (Wildman–Crippen MR) is 300 cm³/mol. The van der Waals surface area contributed by atoms with E-state index in [2.05, 4.69) is 87.5 Å². The molecule has 0 unspecified atom stereocenters. The minimum absolute atomic E-state index is 0.0275. The molecule has 0 amide bonds. The molecule has 2 heterocycles. The van der Waals surface area contributed by atoms with Gasteiger partial charge in [-0.2, -0.15) is 8.42 Å². The summed E-state index contributed by atoms with van der Waals surface area (Å²) >= 11 is 0. The Kier molecular flexibility index (Phi) is 17.9. The van der Waals surface area contributed by atoms with Crippen LogP contribution < -0.4 is 15.4 Å². The average molecular weight is 1070 g/mol. The minimum atomic E-state index is -3.28. The number of nitrogens with zero attached hydrogens (tertiary/aromatic N) is 2. The van der Waals surface area contributed by atoms with Crippen molar-refractivity contribution in [2.24, 2.45) is 33.5 Å². The summed E-state index contributed by atoms with van der Waals surface area (Å²) in [6, 6.07) is 19.8. The third kappa shape index (κ3) is 13.7. The van der Waals surface area contributed by atoms with Gasteiger partial charge in [0, 0.05) is 34.9 Å². The van der Waals surface area contributed by atoms with Gasteiger partial charge in [-0.05, 0) is 200 Å². The number of nitrogens with one attached hydrogen (secondary N) is 2. The van der Waals surface area contributed by atoms with Crippen LogP contribution in [0.3, 0.4) is 0 Å². The number of aliphatic carboxylic acids is 1. The van der Waals surface area contributed by atoms with Gasteiger partial charge >= 0.3 is 11.9 Å². The molecule has 4 bridgehead atoms. The van der Waals surface area contributed by atoms with Crippen molar-refractivity contribution in [2.75, 3.05) is 13.4 Å². The number of phenols is 1. The van der Waals surface area contributed by atoms with Gasteiger partial charge in [0.1, 0.15) is 11.5 Å². The zero-order chi connectivity index (χ0) is 54.6. The normalized spacial score (nSPS) is 29.4. The summed E-state index contributed by atoms with van der Waals surface area (Å²) in [6.07, 6.45) is 23.5. The fourth-order valence-electron chi connectivity index (χ4n) is 13.8. The van der Waals surface area contributed by atoms with Crippen LogP contribution in [-0.2, 0) is 41.7 Å². The Balaban J connectivity index is 0.000000163. The van der Waals surface area contributed by atoms with Crippen LogP contribution in [0, 0.1) is 33.5 Å². The van der Waals surface area contributed by atoms with Crippen LogP contribution in [-0.4, -0.2) is 77.2 Å². The van der Waals surface area contributed by atoms with Crippen molar-refractivity contribution < 1.29 is 41.9 Å². The highest BCUT2D eigenvalue weighted by Gasteiger charge is 2.54. The van der Waals surface area contributed by atoms with Gasteiger partial charge in [-0.15, -0.1) is 0 Å². The number of aromatic hydroxyl groups is 1. The maximum Gasteiger partial charge on any atom is 0.311 e. The summed E-state index contributed by atoms with van der Waals surface area (Å²) in [5.41, 5.74) is 4.25. The van der Waals surface area contributed by atoms with E-state index >= 15 is 0 Å². The van der Waals surface area contributed by atoms with Gasteiger partial charge in [-0.25, -0.2) is 0 Å². The Morgan fingerprint density at radius 2 is 1.05 bits per heavy atom. The van der Waals surface area contributed by atoms with Crippen LogP contribution in [0.1, 0.15) is 194 Å².